The first-order chi connectivity index (χ1) is 8.86. The summed E-state index contributed by atoms with van der Waals surface area (Å²) < 4.78 is 0. The van der Waals surface area contributed by atoms with Crippen molar-refractivity contribution in [3.63, 3.8) is 0 Å². The lowest BCUT2D eigenvalue weighted by Crippen LogP contribution is -2.27. The number of aromatic nitrogens is 1. The fraction of sp³-hybridized carbons (Fsp3) is 0.438. The Morgan fingerprint density at radius 2 is 2.17 bits per heavy atom. The van der Waals surface area contributed by atoms with E-state index in [0.717, 1.165) is 17.9 Å². The van der Waals surface area contributed by atoms with Crippen LogP contribution in [0.25, 0.3) is 10.9 Å². The SMILES string of the molecule is CNC(CCc1cnc2ccccc2c1)C1CC1. The predicted molar refractivity (Wildman–Crippen MR) is 75.6 cm³/mol. The molecular weight excluding hydrogens is 220 g/mol. The average Bonchev–Trinajstić information content (AvgIpc) is 3.24. The van der Waals surface area contributed by atoms with Gasteiger partial charge >= 0.3 is 0 Å². The molecule has 2 heteroatoms. The Bertz CT molecular complexity index is 531. The molecule has 1 aliphatic rings. The van der Waals surface area contributed by atoms with Gasteiger partial charge in [0.15, 0.2) is 0 Å². The molecule has 0 saturated heterocycles. The molecule has 18 heavy (non-hydrogen) atoms. The van der Waals surface area contributed by atoms with Crippen LogP contribution >= 0.6 is 0 Å². The molecule has 1 fully saturated rings. The van der Waals surface area contributed by atoms with E-state index in [1.807, 2.05) is 12.3 Å². The molecule has 3 rings (SSSR count). The molecule has 0 bridgehead atoms. The minimum atomic E-state index is 0.691. The number of para-hydroxylation sites is 1. The molecule has 1 N–H and O–H groups in total. The second kappa shape index (κ2) is 5.07. The highest BCUT2D eigenvalue weighted by Crippen LogP contribution is 2.34. The van der Waals surface area contributed by atoms with Gasteiger partial charge in [0.25, 0.3) is 0 Å². The van der Waals surface area contributed by atoms with Crippen molar-refractivity contribution in [2.75, 3.05) is 7.05 Å². The van der Waals surface area contributed by atoms with Crippen LogP contribution in [0, 0.1) is 5.92 Å². The van der Waals surface area contributed by atoms with E-state index in [9.17, 15) is 0 Å². The smallest absolute Gasteiger partial charge is 0.0702 e. The van der Waals surface area contributed by atoms with Crippen LogP contribution < -0.4 is 5.32 Å². The van der Waals surface area contributed by atoms with Crippen molar-refractivity contribution < 1.29 is 0 Å². The highest BCUT2D eigenvalue weighted by atomic mass is 14.9. The topological polar surface area (TPSA) is 24.9 Å². The summed E-state index contributed by atoms with van der Waals surface area (Å²) in [6, 6.07) is 11.3. The minimum Gasteiger partial charge on any atom is -0.317 e. The van der Waals surface area contributed by atoms with Crippen LogP contribution in [0.3, 0.4) is 0 Å². The van der Waals surface area contributed by atoms with Crippen molar-refractivity contribution in [1.82, 2.24) is 10.3 Å². The molecule has 1 unspecified atom stereocenters. The summed E-state index contributed by atoms with van der Waals surface area (Å²) in [4.78, 5) is 4.53. The molecule has 1 aromatic heterocycles. The average molecular weight is 240 g/mol. The number of pyridine rings is 1. The lowest BCUT2D eigenvalue weighted by molar-refractivity contribution is 0.470. The third kappa shape index (κ3) is 2.54. The first kappa shape index (κ1) is 11.7. The Hall–Kier alpha value is -1.41. The molecule has 94 valence electrons. The largest absolute Gasteiger partial charge is 0.317 e. The summed E-state index contributed by atoms with van der Waals surface area (Å²) >= 11 is 0. The third-order valence-corrected chi connectivity index (χ3v) is 3.95. The Balaban J connectivity index is 1.70. The lowest BCUT2D eigenvalue weighted by Gasteiger charge is -2.14. The molecule has 0 aliphatic heterocycles. The van der Waals surface area contributed by atoms with Crippen molar-refractivity contribution in [2.24, 2.45) is 5.92 Å². The van der Waals surface area contributed by atoms with Crippen molar-refractivity contribution in [1.29, 1.82) is 0 Å². The molecule has 0 amide bonds. The highest BCUT2D eigenvalue weighted by Gasteiger charge is 2.29. The predicted octanol–water partition coefficient (Wildman–Crippen LogP) is 3.17. The number of nitrogens with one attached hydrogen (secondary N) is 1. The number of fused-ring (bicyclic) bond motifs is 1. The van der Waals surface area contributed by atoms with Gasteiger partial charge in [-0.05, 0) is 56.3 Å². The monoisotopic (exact) mass is 240 g/mol. The normalized spacial score (nSPS) is 16.9. The van der Waals surface area contributed by atoms with Gasteiger partial charge in [-0.25, -0.2) is 0 Å². The molecule has 1 aromatic carbocycles. The second-order valence-electron chi connectivity index (χ2n) is 5.31. The molecule has 0 radical (unpaired) electrons. The number of hydrogen-bond acceptors (Lipinski definition) is 2. The molecule has 1 aliphatic carbocycles. The minimum absolute atomic E-state index is 0.691. The summed E-state index contributed by atoms with van der Waals surface area (Å²) in [5, 5.41) is 4.70. The summed E-state index contributed by atoms with van der Waals surface area (Å²) in [5.41, 5.74) is 2.45. The van der Waals surface area contributed by atoms with E-state index in [1.54, 1.807) is 0 Å². The fourth-order valence-corrected chi connectivity index (χ4v) is 2.69. The van der Waals surface area contributed by atoms with Gasteiger partial charge in [-0.3, -0.25) is 4.98 Å². The van der Waals surface area contributed by atoms with E-state index in [1.165, 1.54) is 30.2 Å². The number of rotatable bonds is 5. The van der Waals surface area contributed by atoms with Gasteiger partial charge in [0.2, 0.25) is 0 Å². The Morgan fingerprint density at radius 3 is 2.94 bits per heavy atom. The molecule has 2 nitrogen and oxygen atoms in total. The molecular formula is C16H20N2. The summed E-state index contributed by atoms with van der Waals surface area (Å²) in [6.45, 7) is 0. The molecule has 0 spiro atoms. The summed E-state index contributed by atoms with van der Waals surface area (Å²) in [6.07, 6.45) is 7.19. The Morgan fingerprint density at radius 1 is 1.33 bits per heavy atom. The second-order valence-corrected chi connectivity index (χ2v) is 5.31. The lowest BCUT2D eigenvalue weighted by atomic mass is 10.0. The van der Waals surface area contributed by atoms with Crippen LogP contribution in [-0.2, 0) is 6.42 Å². The van der Waals surface area contributed by atoms with Gasteiger partial charge in [0.05, 0.1) is 5.52 Å². The third-order valence-electron chi connectivity index (χ3n) is 3.95. The van der Waals surface area contributed by atoms with Crippen LogP contribution in [0.15, 0.2) is 36.5 Å². The van der Waals surface area contributed by atoms with E-state index in [4.69, 9.17) is 0 Å². The highest BCUT2D eigenvalue weighted by molar-refractivity contribution is 5.78. The quantitative estimate of drug-likeness (QED) is 0.868. The Kier molecular flexibility index (Phi) is 3.28. The van der Waals surface area contributed by atoms with Gasteiger partial charge in [-0.15, -0.1) is 0 Å². The van der Waals surface area contributed by atoms with Crippen molar-refractivity contribution in [2.45, 2.75) is 31.7 Å². The molecule has 1 heterocycles. The maximum Gasteiger partial charge on any atom is 0.0702 e. The van der Waals surface area contributed by atoms with E-state index < -0.39 is 0 Å². The maximum absolute atomic E-state index is 4.53. The standard InChI is InChI=1S/C16H20N2/c1-17-15(13-7-8-13)9-6-12-10-14-4-2-3-5-16(14)18-11-12/h2-5,10-11,13,15,17H,6-9H2,1H3. The van der Waals surface area contributed by atoms with Crippen LogP contribution in [0.4, 0.5) is 0 Å². The number of aryl methyl sites for hydroxylation is 1. The van der Waals surface area contributed by atoms with Crippen molar-refractivity contribution >= 4 is 10.9 Å². The maximum atomic E-state index is 4.53. The van der Waals surface area contributed by atoms with Crippen molar-refractivity contribution in [3.8, 4) is 0 Å². The van der Waals surface area contributed by atoms with Gasteiger partial charge in [-0.2, -0.15) is 0 Å². The van der Waals surface area contributed by atoms with E-state index in [0.29, 0.717) is 6.04 Å². The Labute approximate surface area is 108 Å². The number of nitrogens with zero attached hydrogens (tertiary/aromatic N) is 1. The summed E-state index contributed by atoms with van der Waals surface area (Å²) in [7, 11) is 2.08. The van der Waals surface area contributed by atoms with E-state index >= 15 is 0 Å². The molecule has 1 atom stereocenters. The van der Waals surface area contributed by atoms with Crippen LogP contribution in [0.5, 0.6) is 0 Å². The fourth-order valence-electron chi connectivity index (χ4n) is 2.69. The van der Waals surface area contributed by atoms with Crippen LogP contribution in [0.2, 0.25) is 0 Å². The zero-order valence-electron chi connectivity index (χ0n) is 10.9. The molecule has 2 aromatic rings. The first-order valence-corrected chi connectivity index (χ1v) is 6.88. The van der Waals surface area contributed by atoms with Crippen molar-refractivity contribution in [3.05, 3.63) is 42.1 Å². The van der Waals surface area contributed by atoms with Gasteiger partial charge < -0.3 is 5.32 Å². The zero-order valence-corrected chi connectivity index (χ0v) is 10.9. The summed E-state index contributed by atoms with van der Waals surface area (Å²) in [5.74, 6) is 0.920. The first-order valence-electron chi connectivity index (χ1n) is 6.88. The zero-order chi connectivity index (χ0) is 12.4. The van der Waals surface area contributed by atoms with Gasteiger partial charge in [0, 0.05) is 17.6 Å². The molecule has 1 saturated carbocycles. The van der Waals surface area contributed by atoms with Crippen LogP contribution in [0.1, 0.15) is 24.8 Å². The number of benzene rings is 1. The van der Waals surface area contributed by atoms with E-state index in [2.05, 4.69) is 41.6 Å². The van der Waals surface area contributed by atoms with Gasteiger partial charge in [0.1, 0.15) is 0 Å². The van der Waals surface area contributed by atoms with E-state index in [-0.39, 0.29) is 0 Å². The van der Waals surface area contributed by atoms with Gasteiger partial charge in [-0.1, -0.05) is 18.2 Å². The number of hydrogen-bond donors (Lipinski definition) is 1. The van der Waals surface area contributed by atoms with Crippen LogP contribution in [-0.4, -0.2) is 18.1 Å².